The third kappa shape index (κ3) is 4.29. The van der Waals surface area contributed by atoms with Crippen LogP contribution < -0.4 is 16.4 Å². The molecule has 0 heterocycles. The van der Waals surface area contributed by atoms with Gasteiger partial charge in [-0.15, -0.1) is 0 Å². The van der Waals surface area contributed by atoms with Gasteiger partial charge in [0.15, 0.2) is 0 Å². The van der Waals surface area contributed by atoms with Crippen LogP contribution in [-0.2, 0) is 4.79 Å². The Morgan fingerprint density at radius 3 is 2.53 bits per heavy atom. The Labute approximate surface area is 89.8 Å². The SMILES string of the molecule is C[C@H](NCC(=O)NC(N)=O)C1CCCC1. The Morgan fingerprint density at radius 1 is 1.40 bits per heavy atom. The molecule has 3 amide bonds. The molecule has 0 aromatic carbocycles. The van der Waals surface area contributed by atoms with Crippen molar-refractivity contribution in [2.45, 2.75) is 38.6 Å². The first-order valence-electron chi connectivity index (χ1n) is 5.42. The first kappa shape index (κ1) is 12.0. The smallest absolute Gasteiger partial charge is 0.318 e. The van der Waals surface area contributed by atoms with Crippen LogP contribution in [0.2, 0.25) is 0 Å². The molecule has 1 saturated carbocycles. The lowest BCUT2D eigenvalue weighted by molar-refractivity contribution is -0.119. The van der Waals surface area contributed by atoms with Gasteiger partial charge in [-0.05, 0) is 25.7 Å². The summed E-state index contributed by atoms with van der Waals surface area (Å²) in [6.07, 6.45) is 5.02. The summed E-state index contributed by atoms with van der Waals surface area (Å²) in [6, 6.07) is -0.471. The van der Waals surface area contributed by atoms with Crippen molar-refractivity contribution in [1.29, 1.82) is 0 Å². The number of nitrogens with one attached hydrogen (secondary N) is 2. The zero-order chi connectivity index (χ0) is 11.3. The molecule has 0 aromatic rings. The van der Waals surface area contributed by atoms with Gasteiger partial charge in [-0.2, -0.15) is 0 Å². The average molecular weight is 213 g/mol. The molecule has 1 fully saturated rings. The zero-order valence-corrected chi connectivity index (χ0v) is 9.08. The number of amides is 3. The summed E-state index contributed by atoms with van der Waals surface area (Å²) >= 11 is 0. The van der Waals surface area contributed by atoms with Gasteiger partial charge in [0.1, 0.15) is 0 Å². The number of hydrogen-bond donors (Lipinski definition) is 3. The zero-order valence-electron chi connectivity index (χ0n) is 9.08. The van der Waals surface area contributed by atoms with Crippen molar-refractivity contribution in [3.63, 3.8) is 0 Å². The molecular formula is C10H19N3O2. The van der Waals surface area contributed by atoms with Gasteiger partial charge in [0.2, 0.25) is 5.91 Å². The largest absolute Gasteiger partial charge is 0.351 e. The van der Waals surface area contributed by atoms with Crippen molar-refractivity contribution in [3.05, 3.63) is 0 Å². The van der Waals surface area contributed by atoms with Crippen LogP contribution in [0.25, 0.3) is 0 Å². The average Bonchev–Trinajstić information content (AvgIpc) is 2.65. The van der Waals surface area contributed by atoms with Crippen molar-refractivity contribution in [1.82, 2.24) is 10.6 Å². The summed E-state index contributed by atoms with van der Waals surface area (Å²) < 4.78 is 0. The van der Waals surface area contributed by atoms with Gasteiger partial charge >= 0.3 is 6.03 Å². The van der Waals surface area contributed by atoms with Crippen molar-refractivity contribution in [3.8, 4) is 0 Å². The monoisotopic (exact) mass is 213 g/mol. The van der Waals surface area contributed by atoms with Gasteiger partial charge in [-0.25, -0.2) is 4.79 Å². The van der Waals surface area contributed by atoms with Gasteiger partial charge in [-0.3, -0.25) is 10.1 Å². The lowest BCUT2D eigenvalue weighted by atomic mass is 10.00. The van der Waals surface area contributed by atoms with Crippen molar-refractivity contribution in [2.75, 3.05) is 6.54 Å². The molecule has 0 bridgehead atoms. The van der Waals surface area contributed by atoms with Crippen LogP contribution in [0.3, 0.4) is 0 Å². The second kappa shape index (κ2) is 5.70. The minimum absolute atomic E-state index is 0.153. The predicted octanol–water partition coefficient (Wildman–Crippen LogP) is 0.350. The van der Waals surface area contributed by atoms with Gasteiger partial charge in [0.25, 0.3) is 0 Å². The van der Waals surface area contributed by atoms with E-state index in [2.05, 4.69) is 12.2 Å². The summed E-state index contributed by atoms with van der Waals surface area (Å²) in [5.74, 6) is 0.290. The van der Waals surface area contributed by atoms with Crippen molar-refractivity contribution >= 4 is 11.9 Å². The number of primary amides is 1. The van der Waals surface area contributed by atoms with Crippen molar-refractivity contribution < 1.29 is 9.59 Å². The molecule has 1 aliphatic carbocycles. The quantitative estimate of drug-likeness (QED) is 0.630. The van der Waals surface area contributed by atoms with Crippen LogP contribution in [0.5, 0.6) is 0 Å². The molecule has 0 saturated heterocycles. The van der Waals surface area contributed by atoms with Crippen LogP contribution in [0.4, 0.5) is 4.79 Å². The molecule has 1 atom stereocenters. The second-order valence-corrected chi connectivity index (χ2v) is 4.13. The van der Waals surface area contributed by atoms with Crippen LogP contribution in [0.1, 0.15) is 32.6 Å². The third-order valence-corrected chi connectivity index (χ3v) is 2.95. The fourth-order valence-corrected chi connectivity index (χ4v) is 2.06. The van der Waals surface area contributed by atoms with E-state index in [0.29, 0.717) is 12.0 Å². The molecule has 86 valence electrons. The van der Waals surface area contributed by atoms with Gasteiger partial charge < -0.3 is 11.1 Å². The highest BCUT2D eigenvalue weighted by atomic mass is 16.2. The van der Waals surface area contributed by atoms with E-state index in [9.17, 15) is 9.59 Å². The van der Waals surface area contributed by atoms with Gasteiger partial charge in [0, 0.05) is 6.04 Å². The van der Waals surface area contributed by atoms with Crippen LogP contribution in [0.15, 0.2) is 0 Å². The molecular weight excluding hydrogens is 194 g/mol. The first-order valence-corrected chi connectivity index (χ1v) is 5.42. The molecule has 0 aromatic heterocycles. The fraction of sp³-hybridized carbons (Fsp3) is 0.800. The maximum atomic E-state index is 11.1. The minimum atomic E-state index is -0.796. The molecule has 0 radical (unpaired) electrons. The predicted molar refractivity (Wildman–Crippen MR) is 57.1 cm³/mol. The number of hydrogen-bond acceptors (Lipinski definition) is 3. The molecule has 4 N–H and O–H groups in total. The molecule has 1 aliphatic rings. The maximum Gasteiger partial charge on any atom is 0.318 e. The summed E-state index contributed by atoms with van der Waals surface area (Å²) in [4.78, 5) is 21.5. The van der Waals surface area contributed by atoms with Crippen LogP contribution in [-0.4, -0.2) is 24.5 Å². The summed E-state index contributed by atoms with van der Waals surface area (Å²) in [6.45, 7) is 2.23. The van der Waals surface area contributed by atoms with E-state index in [1.807, 2.05) is 5.32 Å². The van der Waals surface area contributed by atoms with Crippen LogP contribution in [0, 0.1) is 5.92 Å². The Balaban J connectivity index is 2.18. The summed E-state index contributed by atoms with van der Waals surface area (Å²) in [5.41, 5.74) is 4.82. The number of carbonyl (C=O) groups is 2. The molecule has 1 rings (SSSR count). The van der Waals surface area contributed by atoms with E-state index in [-0.39, 0.29) is 12.5 Å². The molecule has 15 heavy (non-hydrogen) atoms. The lowest BCUT2D eigenvalue weighted by Gasteiger charge is -2.19. The second-order valence-electron chi connectivity index (χ2n) is 4.13. The maximum absolute atomic E-state index is 11.1. The van der Waals surface area contributed by atoms with Gasteiger partial charge in [0.05, 0.1) is 6.54 Å². The van der Waals surface area contributed by atoms with E-state index in [0.717, 1.165) is 0 Å². The Bertz CT molecular complexity index is 237. The van der Waals surface area contributed by atoms with E-state index in [1.54, 1.807) is 0 Å². The third-order valence-electron chi connectivity index (χ3n) is 2.95. The topological polar surface area (TPSA) is 84.2 Å². The number of nitrogens with two attached hydrogens (primary N) is 1. The summed E-state index contributed by atoms with van der Waals surface area (Å²) in [7, 11) is 0. The lowest BCUT2D eigenvalue weighted by Crippen LogP contribution is -2.44. The van der Waals surface area contributed by atoms with E-state index in [4.69, 9.17) is 5.73 Å². The standard InChI is InChI=1S/C10H19N3O2/c1-7(8-4-2-3-5-8)12-6-9(14)13-10(11)15/h7-8,12H,2-6H2,1H3,(H3,11,13,14,15)/t7-/m0/s1. The normalized spacial score (nSPS) is 18.7. The summed E-state index contributed by atoms with van der Waals surface area (Å²) in [5, 5.41) is 5.14. The van der Waals surface area contributed by atoms with E-state index in [1.165, 1.54) is 25.7 Å². The van der Waals surface area contributed by atoms with E-state index >= 15 is 0 Å². The molecule has 0 unspecified atom stereocenters. The first-order chi connectivity index (χ1) is 7.09. The molecule has 0 spiro atoms. The fourth-order valence-electron chi connectivity index (χ4n) is 2.06. The minimum Gasteiger partial charge on any atom is -0.351 e. The Kier molecular flexibility index (Phi) is 4.55. The molecule has 0 aliphatic heterocycles. The highest BCUT2D eigenvalue weighted by Crippen LogP contribution is 2.27. The molecule has 5 nitrogen and oxygen atoms in total. The highest BCUT2D eigenvalue weighted by molar-refractivity contribution is 5.94. The number of imide groups is 1. The molecule has 5 heteroatoms. The Morgan fingerprint density at radius 2 is 2.00 bits per heavy atom. The van der Waals surface area contributed by atoms with Gasteiger partial charge in [-0.1, -0.05) is 12.8 Å². The van der Waals surface area contributed by atoms with E-state index < -0.39 is 6.03 Å². The Hall–Kier alpha value is -1.10. The van der Waals surface area contributed by atoms with Crippen molar-refractivity contribution in [2.24, 2.45) is 11.7 Å². The number of urea groups is 1. The highest BCUT2D eigenvalue weighted by Gasteiger charge is 2.21. The van der Waals surface area contributed by atoms with Crippen LogP contribution >= 0.6 is 0 Å². The number of rotatable bonds is 4. The number of carbonyl (C=O) groups excluding carboxylic acids is 2.